The Hall–Kier alpha value is -7.10. The van der Waals surface area contributed by atoms with Crippen LogP contribution < -0.4 is 14.7 Å². The summed E-state index contributed by atoms with van der Waals surface area (Å²) in [5.41, 5.74) is 11.3. The molecule has 264 valence electrons. The van der Waals surface area contributed by atoms with Crippen LogP contribution in [0.2, 0.25) is 0 Å². The zero-order valence-electron chi connectivity index (χ0n) is 30.8. The van der Waals surface area contributed by atoms with Gasteiger partial charge in [0.2, 0.25) is 0 Å². The topological polar surface area (TPSA) is 9.72 Å². The van der Waals surface area contributed by atoms with Crippen molar-refractivity contribution in [2.75, 3.05) is 14.7 Å². The van der Waals surface area contributed by atoms with Crippen molar-refractivity contribution in [1.29, 1.82) is 0 Å². The Morgan fingerprint density at radius 3 is 0.891 bits per heavy atom. The Bertz CT molecular complexity index is 2500. The van der Waals surface area contributed by atoms with Crippen LogP contribution in [0.15, 0.2) is 218 Å². The first kappa shape index (κ1) is 33.7. The molecule has 0 atom stereocenters. The van der Waals surface area contributed by atoms with Crippen molar-refractivity contribution in [2.24, 2.45) is 0 Å². The molecule has 0 N–H and O–H groups in total. The third-order valence-corrected chi connectivity index (χ3v) is 10.3. The fourth-order valence-electron chi connectivity index (χ4n) is 7.51. The Morgan fingerprint density at radius 2 is 0.527 bits per heavy atom. The van der Waals surface area contributed by atoms with E-state index in [2.05, 4.69) is 240 Å². The molecular weight excluding hydrogens is 667 g/mol. The number of nitrogens with zero attached hydrogens (tertiary/aromatic N) is 3. The number of rotatable bonds is 10. The molecule has 9 rings (SSSR count). The number of hydrogen-bond acceptors (Lipinski definition) is 3. The molecule has 0 aliphatic carbocycles. The monoisotopic (exact) mass is 707 g/mol. The van der Waals surface area contributed by atoms with Gasteiger partial charge in [-0.25, -0.2) is 0 Å². The second-order valence-electron chi connectivity index (χ2n) is 13.8. The molecule has 9 aromatic carbocycles. The summed E-state index contributed by atoms with van der Waals surface area (Å²) in [6.07, 6.45) is 0.998. The highest BCUT2D eigenvalue weighted by atomic mass is 15.2. The van der Waals surface area contributed by atoms with Crippen LogP contribution in [0.25, 0.3) is 21.5 Å². The molecule has 3 heteroatoms. The van der Waals surface area contributed by atoms with Gasteiger partial charge in [-0.15, -0.1) is 0 Å². The maximum atomic E-state index is 2.35. The van der Waals surface area contributed by atoms with Gasteiger partial charge in [0.25, 0.3) is 0 Å². The molecule has 3 nitrogen and oxygen atoms in total. The molecule has 0 aromatic heterocycles. The highest BCUT2D eigenvalue weighted by molar-refractivity contribution is 5.91. The molecule has 0 unspecified atom stereocenters. The van der Waals surface area contributed by atoms with E-state index in [1.807, 2.05) is 0 Å². The molecule has 0 aliphatic heterocycles. The van der Waals surface area contributed by atoms with Gasteiger partial charge in [0.1, 0.15) is 0 Å². The fourth-order valence-corrected chi connectivity index (χ4v) is 7.51. The van der Waals surface area contributed by atoms with E-state index < -0.39 is 0 Å². The predicted octanol–water partition coefficient (Wildman–Crippen LogP) is 15.0. The van der Waals surface area contributed by atoms with E-state index in [0.29, 0.717) is 0 Å². The van der Waals surface area contributed by atoms with E-state index in [9.17, 15) is 0 Å². The predicted molar refractivity (Wildman–Crippen MR) is 235 cm³/mol. The van der Waals surface area contributed by atoms with E-state index in [-0.39, 0.29) is 0 Å². The first-order chi connectivity index (χ1) is 27.2. The molecule has 55 heavy (non-hydrogen) atoms. The molecule has 0 amide bonds. The van der Waals surface area contributed by atoms with Crippen LogP contribution in [0.3, 0.4) is 0 Å². The van der Waals surface area contributed by atoms with Crippen molar-refractivity contribution >= 4 is 72.7 Å². The summed E-state index contributed by atoms with van der Waals surface area (Å²) in [5, 5.41) is 4.90. The maximum Gasteiger partial charge on any atom is 0.0468 e. The van der Waals surface area contributed by atoms with Gasteiger partial charge in [0.15, 0.2) is 0 Å². The van der Waals surface area contributed by atoms with Crippen molar-refractivity contribution in [3.8, 4) is 0 Å². The summed E-state index contributed by atoms with van der Waals surface area (Å²) < 4.78 is 0. The van der Waals surface area contributed by atoms with Gasteiger partial charge in [-0.1, -0.05) is 116 Å². The van der Waals surface area contributed by atoms with Gasteiger partial charge in [0, 0.05) is 51.2 Å². The van der Waals surface area contributed by atoms with Crippen molar-refractivity contribution in [2.45, 2.75) is 13.3 Å². The molecule has 0 saturated carbocycles. The average Bonchev–Trinajstić information content (AvgIpc) is 3.26. The summed E-state index contributed by atoms with van der Waals surface area (Å²) in [7, 11) is 0. The van der Waals surface area contributed by atoms with Gasteiger partial charge in [-0.05, 0) is 143 Å². The third kappa shape index (κ3) is 6.92. The lowest BCUT2D eigenvalue weighted by atomic mass is 10.1. The molecule has 0 bridgehead atoms. The van der Waals surface area contributed by atoms with Crippen LogP contribution in [0.1, 0.15) is 12.5 Å². The molecule has 0 fully saturated rings. The molecule has 9 aromatic rings. The SMILES string of the molecule is CCc1ccc(N(c2ccc(N(c3ccccc3)c3ccc4ccccc4c3)cc2)c2ccc(N(c3ccccc3)c3ccc4ccccc4c3)cc2)cc1. The Labute approximate surface area is 323 Å². The van der Waals surface area contributed by atoms with Gasteiger partial charge in [-0.3, -0.25) is 0 Å². The summed E-state index contributed by atoms with van der Waals surface area (Å²) in [6, 6.07) is 78.5. The Balaban J connectivity index is 1.11. The van der Waals surface area contributed by atoms with Gasteiger partial charge >= 0.3 is 0 Å². The molecule has 0 spiro atoms. The molecule has 0 aliphatic rings. The van der Waals surface area contributed by atoms with Gasteiger partial charge < -0.3 is 14.7 Å². The Kier molecular flexibility index (Phi) is 9.26. The van der Waals surface area contributed by atoms with E-state index in [1.165, 1.54) is 27.1 Å². The van der Waals surface area contributed by atoms with Crippen LogP contribution in [-0.2, 0) is 6.42 Å². The highest BCUT2D eigenvalue weighted by Gasteiger charge is 2.18. The first-order valence-electron chi connectivity index (χ1n) is 19.0. The van der Waals surface area contributed by atoms with Crippen LogP contribution in [0.4, 0.5) is 51.2 Å². The summed E-state index contributed by atoms with van der Waals surface area (Å²) in [5.74, 6) is 0. The van der Waals surface area contributed by atoms with Crippen LogP contribution in [0.5, 0.6) is 0 Å². The molecule has 0 radical (unpaired) electrons. The zero-order chi connectivity index (χ0) is 37.0. The van der Waals surface area contributed by atoms with Crippen LogP contribution in [0, 0.1) is 0 Å². The minimum absolute atomic E-state index is 0.998. The standard InChI is InChI=1S/C52H41N3/c1-2-39-21-25-46(26-22-39)53(47-29-33-49(34-30-47)54(44-17-5-3-6-18-44)51-27-23-40-13-9-11-15-42(40)37-51)48-31-35-50(36-32-48)55(45-19-7-4-8-20-45)52-28-24-41-14-10-12-16-43(41)38-52/h3-38H,2H2,1H3. The number of benzene rings is 9. The second kappa shape index (κ2) is 15.1. The highest BCUT2D eigenvalue weighted by Crippen LogP contribution is 2.42. The zero-order valence-corrected chi connectivity index (χ0v) is 30.8. The molecule has 0 saturated heterocycles. The van der Waals surface area contributed by atoms with Crippen molar-refractivity contribution in [1.82, 2.24) is 0 Å². The Morgan fingerprint density at radius 1 is 0.255 bits per heavy atom. The van der Waals surface area contributed by atoms with Crippen molar-refractivity contribution < 1.29 is 0 Å². The minimum Gasteiger partial charge on any atom is -0.311 e. The summed E-state index contributed by atoms with van der Waals surface area (Å²) >= 11 is 0. The quantitative estimate of drug-likeness (QED) is 0.140. The lowest BCUT2D eigenvalue weighted by molar-refractivity contribution is 1.14. The smallest absolute Gasteiger partial charge is 0.0468 e. The number of para-hydroxylation sites is 2. The largest absolute Gasteiger partial charge is 0.311 e. The van der Waals surface area contributed by atoms with E-state index >= 15 is 0 Å². The normalized spacial score (nSPS) is 11.1. The number of hydrogen-bond donors (Lipinski definition) is 0. The van der Waals surface area contributed by atoms with E-state index in [4.69, 9.17) is 0 Å². The van der Waals surface area contributed by atoms with Gasteiger partial charge in [-0.2, -0.15) is 0 Å². The molecule has 0 heterocycles. The first-order valence-corrected chi connectivity index (χ1v) is 19.0. The minimum atomic E-state index is 0.998. The van der Waals surface area contributed by atoms with Crippen LogP contribution in [-0.4, -0.2) is 0 Å². The molecular formula is C52H41N3. The summed E-state index contributed by atoms with van der Waals surface area (Å²) in [6.45, 7) is 2.20. The van der Waals surface area contributed by atoms with E-state index in [0.717, 1.165) is 57.6 Å². The fraction of sp³-hybridized carbons (Fsp3) is 0.0385. The maximum absolute atomic E-state index is 2.35. The average molecular weight is 708 g/mol. The van der Waals surface area contributed by atoms with Crippen molar-refractivity contribution in [3.05, 3.63) is 224 Å². The third-order valence-electron chi connectivity index (χ3n) is 10.3. The van der Waals surface area contributed by atoms with Crippen LogP contribution >= 0.6 is 0 Å². The van der Waals surface area contributed by atoms with E-state index in [1.54, 1.807) is 0 Å². The second-order valence-corrected chi connectivity index (χ2v) is 13.8. The number of fused-ring (bicyclic) bond motifs is 2. The summed E-state index contributed by atoms with van der Waals surface area (Å²) in [4.78, 5) is 7.01. The lowest BCUT2D eigenvalue weighted by Gasteiger charge is -2.29. The number of aryl methyl sites for hydroxylation is 1. The van der Waals surface area contributed by atoms with Gasteiger partial charge in [0.05, 0.1) is 0 Å². The lowest BCUT2D eigenvalue weighted by Crippen LogP contribution is -2.13. The number of anilines is 9. The van der Waals surface area contributed by atoms with Crippen molar-refractivity contribution in [3.63, 3.8) is 0 Å².